The number of halogens is 1. The summed E-state index contributed by atoms with van der Waals surface area (Å²) >= 11 is 0. The standard InChI is InChI=1S/C19H26N2O.ClH/c22-18(19-10-5-4-8-17(19)12-20-14-19)21-11-9-16(13-21)15-6-2-1-3-7-15;/h1-3,6-7,16-17,20H,4-5,8-14H2;1H/t16?,17-,19+;/m0./s1. The maximum Gasteiger partial charge on any atom is 0.230 e. The van der Waals surface area contributed by atoms with Crippen LogP contribution in [0.4, 0.5) is 0 Å². The van der Waals surface area contributed by atoms with Crippen LogP contribution < -0.4 is 5.32 Å². The second-order valence-corrected chi connectivity index (χ2v) is 7.38. The Bertz CT molecular complexity index is 550. The molecule has 0 aromatic heterocycles. The van der Waals surface area contributed by atoms with Crippen molar-refractivity contribution in [1.29, 1.82) is 0 Å². The topological polar surface area (TPSA) is 32.3 Å². The van der Waals surface area contributed by atoms with Crippen LogP contribution in [0.1, 0.15) is 43.6 Å². The molecule has 2 heterocycles. The molecule has 0 bridgehead atoms. The van der Waals surface area contributed by atoms with Gasteiger partial charge in [-0.05, 0) is 37.3 Å². The van der Waals surface area contributed by atoms with Crippen LogP contribution in [0.3, 0.4) is 0 Å². The molecule has 0 spiro atoms. The number of amides is 1. The van der Waals surface area contributed by atoms with Gasteiger partial charge in [-0.2, -0.15) is 0 Å². The van der Waals surface area contributed by atoms with Crippen LogP contribution >= 0.6 is 12.4 Å². The van der Waals surface area contributed by atoms with Crippen molar-refractivity contribution in [2.24, 2.45) is 11.3 Å². The molecule has 1 unspecified atom stereocenters. The molecular weight excluding hydrogens is 308 g/mol. The highest BCUT2D eigenvalue weighted by atomic mass is 35.5. The quantitative estimate of drug-likeness (QED) is 0.900. The van der Waals surface area contributed by atoms with Crippen LogP contribution in [0.15, 0.2) is 30.3 Å². The molecule has 1 saturated carbocycles. The third kappa shape index (κ3) is 2.89. The molecule has 1 aliphatic carbocycles. The van der Waals surface area contributed by atoms with E-state index < -0.39 is 0 Å². The van der Waals surface area contributed by atoms with Gasteiger partial charge in [0.25, 0.3) is 0 Å². The third-order valence-electron chi connectivity index (χ3n) is 6.21. The van der Waals surface area contributed by atoms with Crippen molar-refractivity contribution in [3.63, 3.8) is 0 Å². The molecule has 23 heavy (non-hydrogen) atoms. The number of fused-ring (bicyclic) bond motifs is 1. The average molecular weight is 335 g/mol. The van der Waals surface area contributed by atoms with E-state index in [1.165, 1.54) is 24.8 Å². The van der Waals surface area contributed by atoms with E-state index >= 15 is 0 Å². The van der Waals surface area contributed by atoms with Crippen molar-refractivity contribution in [2.75, 3.05) is 26.2 Å². The van der Waals surface area contributed by atoms with Crippen LogP contribution in [-0.4, -0.2) is 37.0 Å². The Kier molecular flexibility index (Phi) is 4.98. The number of benzene rings is 1. The molecule has 0 radical (unpaired) electrons. The molecular formula is C19H27ClN2O. The summed E-state index contributed by atoms with van der Waals surface area (Å²) in [6, 6.07) is 10.7. The number of hydrogen-bond acceptors (Lipinski definition) is 2. The van der Waals surface area contributed by atoms with E-state index in [1.54, 1.807) is 0 Å². The van der Waals surface area contributed by atoms with Crippen molar-refractivity contribution in [1.82, 2.24) is 10.2 Å². The average Bonchev–Trinajstić information content (AvgIpc) is 3.22. The Balaban J connectivity index is 0.00000156. The molecule has 126 valence electrons. The van der Waals surface area contributed by atoms with Crippen LogP contribution in [0, 0.1) is 11.3 Å². The summed E-state index contributed by atoms with van der Waals surface area (Å²) in [4.78, 5) is 15.4. The van der Waals surface area contributed by atoms with Crippen molar-refractivity contribution in [2.45, 2.75) is 38.0 Å². The summed E-state index contributed by atoms with van der Waals surface area (Å²) in [5.74, 6) is 1.54. The van der Waals surface area contributed by atoms with E-state index in [1.807, 2.05) is 0 Å². The monoisotopic (exact) mass is 334 g/mol. The van der Waals surface area contributed by atoms with Gasteiger partial charge in [0.1, 0.15) is 0 Å². The molecule has 1 aromatic rings. The zero-order chi connectivity index (χ0) is 15.0. The van der Waals surface area contributed by atoms with E-state index in [2.05, 4.69) is 40.5 Å². The fraction of sp³-hybridized carbons (Fsp3) is 0.632. The van der Waals surface area contributed by atoms with Gasteiger partial charge in [0.05, 0.1) is 5.41 Å². The van der Waals surface area contributed by atoms with Crippen molar-refractivity contribution < 1.29 is 4.79 Å². The maximum absolute atomic E-state index is 13.3. The van der Waals surface area contributed by atoms with E-state index in [0.29, 0.717) is 17.7 Å². The number of carbonyl (C=O) groups is 1. The minimum atomic E-state index is -0.0795. The first kappa shape index (κ1) is 16.8. The van der Waals surface area contributed by atoms with Crippen molar-refractivity contribution in [3.05, 3.63) is 35.9 Å². The molecule has 1 N–H and O–H groups in total. The molecule has 3 aliphatic rings. The van der Waals surface area contributed by atoms with Crippen LogP contribution in [0.2, 0.25) is 0 Å². The molecule has 4 heteroatoms. The lowest BCUT2D eigenvalue weighted by molar-refractivity contribution is -0.144. The molecule has 3 atom stereocenters. The van der Waals surface area contributed by atoms with E-state index in [-0.39, 0.29) is 17.8 Å². The van der Waals surface area contributed by atoms with Crippen molar-refractivity contribution >= 4 is 18.3 Å². The molecule has 4 rings (SSSR count). The maximum atomic E-state index is 13.3. The van der Waals surface area contributed by atoms with Crippen LogP contribution in [0.25, 0.3) is 0 Å². The smallest absolute Gasteiger partial charge is 0.230 e. The number of hydrogen-bond donors (Lipinski definition) is 1. The first-order chi connectivity index (χ1) is 10.8. The number of carbonyl (C=O) groups excluding carboxylic acids is 1. The SMILES string of the molecule is Cl.O=C(N1CCC(c2ccccc2)C1)[C@@]12CCCC[C@H]1CNC2. The molecule has 2 saturated heterocycles. The van der Waals surface area contributed by atoms with E-state index in [0.717, 1.165) is 39.0 Å². The van der Waals surface area contributed by atoms with Crippen LogP contribution in [-0.2, 0) is 4.79 Å². The third-order valence-corrected chi connectivity index (χ3v) is 6.21. The van der Waals surface area contributed by atoms with Gasteiger partial charge >= 0.3 is 0 Å². The van der Waals surface area contributed by atoms with Gasteiger partial charge in [0, 0.05) is 25.6 Å². The van der Waals surface area contributed by atoms with Gasteiger partial charge < -0.3 is 10.2 Å². The number of nitrogens with one attached hydrogen (secondary N) is 1. The highest BCUT2D eigenvalue weighted by Crippen LogP contribution is 2.46. The fourth-order valence-electron chi connectivity index (χ4n) is 4.93. The molecule has 3 fully saturated rings. The lowest BCUT2D eigenvalue weighted by Gasteiger charge is -2.39. The summed E-state index contributed by atoms with van der Waals surface area (Å²) in [7, 11) is 0. The van der Waals surface area contributed by atoms with Gasteiger partial charge in [-0.3, -0.25) is 4.79 Å². The minimum absolute atomic E-state index is 0. The summed E-state index contributed by atoms with van der Waals surface area (Å²) in [5.41, 5.74) is 1.31. The summed E-state index contributed by atoms with van der Waals surface area (Å²) < 4.78 is 0. The second kappa shape index (κ2) is 6.82. The van der Waals surface area contributed by atoms with Gasteiger partial charge in [-0.1, -0.05) is 43.2 Å². The fourth-order valence-corrected chi connectivity index (χ4v) is 4.93. The first-order valence-corrected chi connectivity index (χ1v) is 8.85. The predicted molar refractivity (Wildman–Crippen MR) is 94.9 cm³/mol. The Morgan fingerprint density at radius 3 is 2.83 bits per heavy atom. The normalized spacial score (nSPS) is 33.1. The highest BCUT2D eigenvalue weighted by Gasteiger charge is 2.52. The summed E-state index contributed by atoms with van der Waals surface area (Å²) in [6.45, 7) is 3.80. The van der Waals surface area contributed by atoms with Crippen molar-refractivity contribution in [3.8, 4) is 0 Å². The number of likely N-dealkylation sites (tertiary alicyclic amines) is 1. The Morgan fingerprint density at radius 1 is 1.17 bits per heavy atom. The summed E-state index contributed by atoms with van der Waals surface area (Å²) in [6.07, 6.45) is 5.96. The predicted octanol–water partition coefficient (Wildman–Crippen LogP) is 3.20. The number of rotatable bonds is 2. The molecule has 3 nitrogen and oxygen atoms in total. The van der Waals surface area contributed by atoms with Gasteiger partial charge in [-0.25, -0.2) is 0 Å². The molecule has 2 aliphatic heterocycles. The summed E-state index contributed by atoms with van der Waals surface area (Å²) in [5, 5.41) is 3.50. The Hall–Kier alpha value is -1.06. The highest BCUT2D eigenvalue weighted by molar-refractivity contribution is 5.85. The van der Waals surface area contributed by atoms with Crippen LogP contribution in [0.5, 0.6) is 0 Å². The Morgan fingerprint density at radius 2 is 2.00 bits per heavy atom. The van der Waals surface area contributed by atoms with E-state index in [4.69, 9.17) is 0 Å². The lowest BCUT2D eigenvalue weighted by atomic mass is 9.67. The zero-order valence-electron chi connectivity index (χ0n) is 13.7. The Labute approximate surface area is 145 Å². The van der Waals surface area contributed by atoms with Gasteiger partial charge in [-0.15, -0.1) is 12.4 Å². The van der Waals surface area contributed by atoms with E-state index in [9.17, 15) is 4.79 Å². The molecule has 1 aromatic carbocycles. The largest absolute Gasteiger partial charge is 0.342 e. The minimum Gasteiger partial charge on any atom is -0.342 e. The second-order valence-electron chi connectivity index (χ2n) is 7.38. The zero-order valence-corrected chi connectivity index (χ0v) is 14.5. The van der Waals surface area contributed by atoms with Gasteiger partial charge in [0.2, 0.25) is 5.91 Å². The van der Waals surface area contributed by atoms with Gasteiger partial charge in [0.15, 0.2) is 0 Å². The lowest BCUT2D eigenvalue weighted by Crippen LogP contribution is -2.49. The molecule has 1 amide bonds. The number of nitrogens with zero attached hydrogens (tertiary/aromatic N) is 1. The first-order valence-electron chi connectivity index (χ1n) is 8.85.